The number of anilines is 1. The summed E-state index contributed by atoms with van der Waals surface area (Å²) in [5.74, 6) is 3.66. The highest BCUT2D eigenvalue weighted by molar-refractivity contribution is 5.90. The van der Waals surface area contributed by atoms with Gasteiger partial charge in [-0.2, -0.15) is 13.2 Å². The van der Waals surface area contributed by atoms with E-state index in [0.29, 0.717) is 12.8 Å². The van der Waals surface area contributed by atoms with Crippen LogP contribution in [0.3, 0.4) is 0 Å². The smallest absolute Gasteiger partial charge is 0.445 e. The second-order valence-electron chi connectivity index (χ2n) is 6.29. The lowest BCUT2D eigenvalue weighted by atomic mass is 9.90. The van der Waals surface area contributed by atoms with Gasteiger partial charge in [-0.05, 0) is 43.4 Å². The predicted molar refractivity (Wildman–Crippen MR) is 87.1 cm³/mol. The van der Waals surface area contributed by atoms with Crippen LogP contribution in [-0.4, -0.2) is 30.0 Å². The maximum absolute atomic E-state index is 13.9. The van der Waals surface area contributed by atoms with E-state index >= 15 is 0 Å². The molecule has 0 saturated heterocycles. The summed E-state index contributed by atoms with van der Waals surface area (Å²) < 4.78 is 51.8. The second kappa shape index (κ2) is 7.02. The highest BCUT2D eigenvalue weighted by atomic mass is 19.4. The van der Waals surface area contributed by atoms with Crippen LogP contribution in [0.1, 0.15) is 31.2 Å². The molecule has 1 saturated carbocycles. The monoisotopic (exact) mass is 383 g/mol. The summed E-state index contributed by atoms with van der Waals surface area (Å²) in [6.07, 6.45) is -4.68. The number of hydrogen-bond acceptors (Lipinski definition) is 4. The number of nitrogens with one attached hydrogen (secondary N) is 1. The molecule has 144 valence electrons. The Bertz CT molecular complexity index is 823. The van der Waals surface area contributed by atoms with Crippen LogP contribution in [0.25, 0.3) is 0 Å². The Kier molecular flexibility index (Phi) is 4.91. The van der Waals surface area contributed by atoms with Crippen molar-refractivity contribution in [3.05, 3.63) is 23.8 Å². The van der Waals surface area contributed by atoms with Crippen LogP contribution in [-0.2, 0) is 15.1 Å². The third-order valence-electron chi connectivity index (χ3n) is 4.09. The zero-order chi connectivity index (χ0) is 19.7. The van der Waals surface area contributed by atoms with Crippen molar-refractivity contribution in [2.75, 3.05) is 11.9 Å². The summed E-state index contributed by atoms with van der Waals surface area (Å²) in [7, 11) is 0. The molecule has 1 aliphatic heterocycles. The zero-order valence-corrected chi connectivity index (χ0v) is 14.1. The molecule has 6 nitrogen and oxygen atoms in total. The van der Waals surface area contributed by atoms with E-state index in [9.17, 15) is 22.8 Å². The molecule has 0 radical (unpaired) electrons. The van der Waals surface area contributed by atoms with E-state index < -0.39 is 23.8 Å². The van der Waals surface area contributed by atoms with Gasteiger partial charge in [-0.3, -0.25) is 10.1 Å². The van der Waals surface area contributed by atoms with Crippen molar-refractivity contribution in [2.45, 2.75) is 37.5 Å². The van der Waals surface area contributed by atoms with Gasteiger partial charge in [-0.1, -0.05) is 5.92 Å². The van der Waals surface area contributed by atoms with Gasteiger partial charge in [0, 0.05) is 17.9 Å². The highest BCUT2D eigenvalue weighted by Gasteiger charge is 2.62. The lowest BCUT2D eigenvalue weighted by Crippen LogP contribution is -2.49. The number of hydrogen-bond donors (Lipinski definition) is 2. The Morgan fingerprint density at radius 1 is 1.41 bits per heavy atom. The fourth-order valence-electron chi connectivity index (χ4n) is 2.56. The van der Waals surface area contributed by atoms with Gasteiger partial charge < -0.3 is 14.6 Å². The zero-order valence-electron chi connectivity index (χ0n) is 14.1. The van der Waals surface area contributed by atoms with Gasteiger partial charge in [-0.25, -0.2) is 4.79 Å². The number of carbonyl (C=O) groups is 2. The van der Waals surface area contributed by atoms with Crippen molar-refractivity contribution >= 4 is 17.7 Å². The topological polar surface area (TPSA) is 84.9 Å². The summed E-state index contributed by atoms with van der Waals surface area (Å²) in [4.78, 5) is 22.2. The van der Waals surface area contributed by atoms with E-state index in [-0.39, 0.29) is 42.4 Å². The molecule has 0 bridgehead atoms. The number of aliphatic carboxylic acids is 1. The normalized spacial score (nSPS) is 21.2. The minimum atomic E-state index is -4.96. The number of carboxylic acid groups (broad SMARTS) is 1. The molecule has 2 N–H and O–H groups in total. The molecule has 2 aliphatic rings. The Hall–Kier alpha value is -2.89. The summed E-state index contributed by atoms with van der Waals surface area (Å²) >= 11 is 0. The van der Waals surface area contributed by atoms with Crippen molar-refractivity contribution in [2.24, 2.45) is 5.92 Å². The largest absolute Gasteiger partial charge is 0.494 e. The molecule has 1 amide bonds. The van der Waals surface area contributed by atoms with Gasteiger partial charge in [0.15, 0.2) is 0 Å². The van der Waals surface area contributed by atoms with Crippen LogP contribution in [0.15, 0.2) is 18.2 Å². The third-order valence-corrected chi connectivity index (χ3v) is 4.09. The number of carboxylic acids is 1. The molecule has 0 aromatic heterocycles. The van der Waals surface area contributed by atoms with Crippen molar-refractivity contribution in [1.29, 1.82) is 0 Å². The molecule has 1 atom stereocenters. The first-order chi connectivity index (χ1) is 12.7. The molecule has 1 unspecified atom stereocenters. The third kappa shape index (κ3) is 4.10. The van der Waals surface area contributed by atoms with Crippen LogP contribution < -0.4 is 10.1 Å². The molecule has 1 aromatic carbocycles. The molecule has 1 heterocycles. The van der Waals surface area contributed by atoms with Crippen molar-refractivity contribution in [3.8, 4) is 17.6 Å². The Morgan fingerprint density at radius 2 is 2.15 bits per heavy atom. The molecule has 27 heavy (non-hydrogen) atoms. The Morgan fingerprint density at radius 3 is 2.78 bits per heavy atom. The number of fused-ring (bicyclic) bond motifs is 1. The molecule has 9 heteroatoms. The molecule has 1 aromatic rings. The molecule has 0 spiro atoms. The first-order valence-corrected chi connectivity index (χ1v) is 8.30. The van der Waals surface area contributed by atoms with Crippen LogP contribution in [0.4, 0.5) is 23.7 Å². The minimum absolute atomic E-state index is 0.0189. The van der Waals surface area contributed by atoms with Gasteiger partial charge in [0.05, 0.1) is 12.3 Å². The first kappa shape index (κ1) is 18.9. The SMILES string of the molecule is O=C(O)CCCOc1ccc2c(c1)C(C#CC1CC1)(C(F)(F)F)OC(=O)N2. The molecular weight excluding hydrogens is 367 g/mol. The van der Waals surface area contributed by atoms with Crippen LogP contribution in [0.2, 0.25) is 0 Å². The van der Waals surface area contributed by atoms with E-state index in [2.05, 4.69) is 21.9 Å². The summed E-state index contributed by atoms with van der Waals surface area (Å²) in [6, 6.07) is 3.78. The van der Waals surface area contributed by atoms with Gasteiger partial charge >= 0.3 is 18.2 Å². The van der Waals surface area contributed by atoms with Crippen LogP contribution in [0.5, 0.6) is 5.75 Å². The molecule has 1 aliphatic carbocycles. The summed E-state index contributed by atoms with van der Waals surface area (Å²) in [5, 5.41) is 10.8. The fraction of sp³-hybridized carbons (Fsp3) is 0.444. The van der Waals surface area contributed by atoms with Crippen LogP contribution >= 0.6 is 0 Å². The summed E-state index contributed by atoms with van der Waals surface area (Å²) in [5.41, 5.74) is -3.50. The highest BCUT2D eigenvalue weighted by Crippen LogP contribution is 2.48. The number of rotatable bonds is 5. The summed E-state index contributed by atoms with van der Waals surface area (Å²) in [6.45, 7) is 0.0189. The van der Waals surface area contributed by atoms with E-state index in [1.165, 1.54) is 12.1 Å². The number of alkyl halides is 3. The van der Waals surface area contributed by atoms with Gasteiger partial charge in [0.25, 0.3) is 5.60 Å². The lowest BCUT2D eigenvalue weighted by molar-refractivity contribution is -0.239. The Labute approximate surface area is 152 Å². The average Bonchev–Trinajstić information content (AvgIpc) is 3.40. The van der Waals surface area contributed by atoms with Crippen LogP contribution in [0, 0.1) is 17.8 Å². The van der Waals surface area contributed by atoms with E-state index in [4.69, 9.17) is 9.84 Å². The van der Waals surface area contributed by atoms with Crippen molar-refractivity contribution < 1.29 is 37.3 Å². The van der Waals surface area contributed by atoms with Crippen molar-refractivity contribution in [3.63, 3.8) is 0 Å². The fourth-order valence-corrected chi connectivity index (χ4v) is 2.56. The maximum Gasteiger partial charge on any atom is 0.445 e. The lowest BCUT2D eigenvalue weighted by Gasteiger charge is -2.35. The van der Waals surface area contributed by atoms with E-state index in [1.807, 2.05) is 0 Å². The van der Waals surface area contributed by atoms with E-state index in [1.54, 1.807) is 0 Å². The predicted octanol–water partition coefficient (Wildman–Crippen LogP) is 3.66. The number of amides is 1. The number of ether oxygens (including phenoxy) is 2. The standard InChI is InChI=1S/C18H16F3NO5/c19-18(20,21)17(8-7-11-3-4-11)13-10-12(26-9-1-2-15(23)24)5-6-14(13)22-16(25)27-17/h5-6,10-11H,1-4,9H2,(H,22,25)(H,23,24). The molecule has 1 fully saturated rings. The number of benzene rings is 1. The van der Waals surface area contributed by atoms with E-state index in [0.717, 1.165) is 6.07 Å². The first-order valence-electron chi connectivity index (χ1n) is 8.30. The average molecular weight is 383 g/mol. The van der Waals surface area contributed by atoms with Crippen molar-refractivity contribution in [1.82, 2.24) is 0 Å². The second-order valence-corrected chi connectivity index (χ2v) is 6.29. The number of halogens is 3. The van der Waals surface area contributed by atoms with Gasteiger partial charge in [0.1, 0.15) is 5.75 Å². The minimum Gasteiger partial charge on any atom is -0.494 e. The van der Waals surface area contributed by atoms with Gasteiger partial charge in [-0.15, -0.1) is 0 Å². The quantitative estimate of drug-likeness (QED) is 0.599. The number of carbonyl (C=O) groups excluding carboxylic acids is 1. The van der Waals surface area contributed by atoms with Gasteiger partial charge in [0.2, 0.25) is 0 Å². The molecular formula is C18H16F3NO5. The maximum atomic E-state index is 13.9. The molecule has 3 rings (SSSR count). The number of cyclic esters (lactones) is 1. The Balaban J connectivity index is 1.95.